The van der Waals surface area contributed by atoms with Crippen LogP contribution in [0, 0.1) is 0 Å². The number of benzene rings is 2. The second kappa shape index (κ2) is 6.16. The number of rotatable bonds is 4. The fourth-order valence-corrected chi connectivity index (χ4v) is 2.69. The summed E-state index contributed by atoms with van der Waals surface area (Å²) in [5, 5.41) is 9.42. The molecule has 0 radical (unpaired) electrons. The predicted molar refractivity (Wildman–Crippen MR) is 94.6 cm³/mol. The third-order valence-corrected chi connectivity index (χ3v) is 4.51. The highest BCUT2D eigenvalue weighted by Gasteiger charge is 2.20. The Hall–Kier alpha value is -1.76. The van der Waals surface area contributed by atoms with Crippen molar-refractivity contribution in [2.45, 2.75) is 58.3 Å². The van der Waals surface area contributed by atoms with Crippen molar-refractivity contribution in [2.24, 2.45) is 0 Å². The first kappa shape index (κ1) is 16.6. The van der Waals surface area contributed by atoms with Crippen molar-refractivity contribution in [1.29, 1.82) is 0 Å². The van der Waals surface area contributed by atoms with Gasteiger partial charge in [0.25, 0.3) is 0 Å². The summed E-state index contributed by atoms with van der Waals surface area (Å²) in [5.41, 5.74) is 4.37. The van der Waals surface area contributed by atoms with E-state index in [1.807, 2.05) is 12.1 Å². The summed E-state index contributed by atoms with van der Waals surface area (Å²) in [5.74, 6) is 0.331. The van der Waals surface area contributed by atoms with E-state index in [9.17, 15) is 5.11 Å². The average molecular weight is 296 g/mol. The highest BCUT2D eigenvalue weighted by molar-refractivity contribution is 5.32. The van der Waals surface area contributed by atoms with Gasteiger partial charge < -0.3 is 5.11 Å². The van der Waals surface area contributed by atoms with Crippen LogP contribution in [0.25, 0.3) is 0 Å². The number of aryl methyl sites for hydroxylation is 1. The molecule has 0 unspecified atom stereocenters. The zero-order valence-corrected chi connectivity index (χ0v) is 14.5. The van der Waals surface area contributed by atoms with Crippen LogP contribution in [0.3, 0.4) is 0 Å². The van der Waals surface area contributed by atoms with Gasteiger partial charge in [-0.25, -0.2) is 0 Å². The van der Waals surface area contributed by atoms with E-state index in [2.05, 4.69) is 58.9 Å². The molecule has 0 aliphatic carbocycles. The van der Waals surface area contributed by atoms with Crippen LogP contribution < -0.4 is 0 Å². The molecule has 0 heterocycles. The molecule has 0 bridgehead atoms. The lowest BCUT2D eigenvalue weighted by Gasteiger charge is -2.26. The van der Waals surface area contributed by atoms with Crippen molar-refractivity contribution < 1.29 is 5.11 Å². The van der Waals surface area contributed by atoms with Gasteiger partial charge in [0.2, 0.25) is 0 Å². The standard InChI is InChI=1S/C21H28O/c1-20(2,3)17-8-6-16(7-9-17)14-15-21(4,5)18-10-12-19(22)13-11-18/h6-13,22H,14-15H2,1-5H3. The van der Waals surface area contributed by atoms with E-state index < -0.39 is 0 Å². The Morgan fingerprint density at radius 3 is 1.73 bits per heavy atom. The van der Waals surface area contributed by atoms with E-state index >= 15 is 0 Å². The second-order valence-corrected chi connectivity index (χ2v) is 7.88. The number of hydrogen-bond donors (Lipinski definition) is 1. The third-order valence-electron chi connectivity index (χ3n) is 4.51. The summed E-state index contributed by atoms with van der Waals surface area (Å²) < 4.78 is 0. The summed E-state index contributed by atoms with van der Waals surface area (Å²) in [6.07, 6.45) is 2.16. The average Bonchev–Trinajstić information content (AvgIpc) is 2.45. The molecule has 0 amide bonds. The zero-order valence-electron chi connectivity index (χ0n) is 14.5. The minimum atomic E-state index is 0.108. The van der Waals surface area contributed by atoms with Crippen molar-refractivity contribution in [1.82, 2.24) is 0 Å². The topological polar surface area (TPSA) is 20.2 Å². The second-order valence-electron chi connectivity index (χ2n) is 7.88. The summed E-state index contributed by atoms with van der Waals surface area (Å²) in [4.78, 5) is 0. The van der Waals surface area contributed by atoms with Gasteiger partial charge in [-0.15, -0.1) is 0 Å². The minimum Gasteiger partial charge on any atom is -0.508 e. The Kier molecular flexibility index (Phi) is 4.65. The molecule has 0 saturated heterocycles. The Morgan fingerprint density at radius 2 is 1.23 bits per heavy atom. The molecule has 0 spiro atoms. The van der Waals surface area contributed by atoms with Crippen LogP contribution in [0.5, 0.6) is 5.75 Å². The summed E-state index contributed by atoms with van der Waals surface area (Å²) in [7, 11) is 0. The Morgan fingerprint density at radius 1 is 0.727 bits per heavy atom. The molecule has 2 rings (SSSR count). The molecule has 0 aliphatic rings. The molecule has 1 N–H and O–H groups in total. The fourth-order valence-electron chi connectivity index (χ4n) is 2.69. The fraction of sp³-hybridized carbons (Fsp3) is 0.429. The van der Waals surface area contributed by atoms with Crippen LogP contribution in [0.1, 0.15) is 57.7 Å². The molecule has 2 aromatic rings. The van der Waals surface area contributed by atoms with Gasteiger partial charge in [-0.3, -0.25) is 0 Å². The maximum absolute atomic E-state index is 9.42. The van der Waals surface area contributed by atoms with E-state index in [4.69, 9.17) is 0 Å². The smallest absolute Gasteiger partial charge is 0.115 e. The lowest BCUT2D eigenvalue weighted by Crippen LogP contribution is -2.18. The van der Waals surface area contributed by atoms with Gasteiger partial charge in [-0.1, -0.05) is 71.0 Å². The first-order valence-corrected chi connectivity index (χ1v) is 8.07. The van der Waals surface area contributed by atoms with Gasteiger partial charge in [0.05, 0.1) is 0 Å². The number of aromatic hydroxyl groups is 1. The van der Waals surface area contributed by atoms with Gasteiger partial charge in [-0.2, -0.15) is 0 Å². The molecule has 0 atom stereocenters. The van der Waals surface area contributed by atoms with E-state index in [0.29, 0.717) is 5.75 Å². The largest absolute Gasteiger partial charge is 0.508 e. The maximum Gasteiger partial charge on any atom is 0.115 e. The minimum absolute atomic E-state index is 0.108. The summed E-state index contributed by atoms with van der Waals surface area (Å²) >= 11 is 0. The number of phenolic OH excluding ortho intramolecular Hbond substituents is 1. The highest BCUT2D eigenvalue weighted by atomic mass is 16.3. The molecule has 0 saturated carbocycles. The van der Waals surface area contributed by atoms with E-state index in [1.165, 1.54) is 16.7 Å². The molecule has 1 nitrogen and oxygen atoms in total. The van der Waals surface area contributed by atoms with E-state index in [0.717, 1.165) is 12.8 Å². The zero-order chi connectivity index (χ0) is 16.4. The molecule has 0 fully saturated rings. The Labute approximate surface area is 135 Å². The third kappa shape index (κ3) is 4.13. The van der Waals surface area contributed by atoms with Crippen molar-refractivity contribution in [3.8, 4) is 5.75 Å². The first-order chi connectivity index (χ1) is 10.2. The van der Waals surface area contributed by atoms with E-state index in [1.54, 1.807) is 12.1 Å². The number of hydrogen-bond acceptors (Lipinski definition) is 1. The molecule has 22 heavy (non-hydrogen) atoms. The van der Waals surface area contributed by atoms with Crippen LogP contribution in [0.4, 0.5) is 0 Å². The normalized spacial score (nSPS) is 12.4. The Balaban J connectivity index is 2.04. The van der Waals surface area contributed by atoms with Crippen LogP contribution in [0.2, 0.25) is 0 Å². The molecule has 0 aromatic heterocycles. The van der Waals surface area contributed by atoms with Gasteiger partial charge in [0.15, 0.2) is 0 Å². The predicted octanol–water partition coefficient (Wildman–Crippen LogP) is 5.60. The van der Waals surface area contributed by atoms with Crippen LogP contribution in [-0.2, 0) is 17.3 Å². The number of phenols is 1. The highest BCUT2D eigenvalue weighted by Crippen LogP contribution is 2.30. The van der Waals surface area contributed by atoms with Gasteiger partial charge in [0, 0.05) is 0 Å². The lowest BCUT2D eigenvalue weighted by atomic mass is 9.79. The van der Waals surface area contributed by atoms with Gasteiger partial charge >= 0.3 is 0 Å². The van der Waals surface area contributed by atoms with Gasteiger partial charge in [0.1, 0.15) is 5.75 Å². The van der Waals surface area contributed by atoms with Crippen molar-refractivity contribution in [3.05, 3.63) is 65.2 Å². The maximum atomic E-state index is 9.42. The summed E-state index contributed by atoms with van der Waals surface area (Å²) in [6.45, 7) is 11.3. The van der Waals surface area contributed by atoms with Crippen LogP contribution in [-0.4, -0.2) is 5.11 Å². The molecular formula is C21H28O. The molecule has 2 aromatic carbocycles. The van der Waals surface area contributed by atoms with Crippen molar-refractivity contribution >= 4 is 0 Å². The first-order valence-electron chi connectivity index (χ1n) is 8.07. The monoisotopic (exact) mass is 296 g/mol. The van der Waals surface area contributed by atoms with Crippen molar-refractivity contribution in [3.63, 3.8) is 0 Å². The van der Waals surface area contributed by atoms with E-state index in [-0.39, 0.29) is 10.8 Å². The quantitative estimate of drug-likeness (QED) is 0.778. The molecular weight excluding hydrogens is 268 g/mol. The van der Waals surface area contributed by atoms with Crippen molar-refractivity contribution in [2.75, 3.05) is 0 Å². The van der Waals surface area contributed by atoms with Crippen LogP contribution >= 0.6 is 0 Å². The molecule has 118 valence electrons. The summed E-state index contributed by atoms with van der Waals surface area (Å²) in [6, 6.07) is 16.6. The Bertz CT molecular complexity index is 598. The molecule has 1 heteroatoms. The lowest BCUT2D eigenvalue weighted by molar-refractivity contribution is 0.466. The van der Waals surface area contributed by atoms with Gasteiger partial charge in [-0.05, 0) is 52.5 Å². The molecule has 0 aliphatic heterocycles. The van der Waals surface area contributed by atoms with Crippen LogP contribution in [0.15, 0.2) is 48.5 Å². The SMILES string of the molecule is CC(C)(C)c1ccc(CCC(C)(C)c2ccc(O)cc2)cc1.